The monoisotopic (exact) mass is 186 g/mol. The molecule has 0 aliphatic rings. The number of carboxylic acid groups (broad SMARTS) is 1. The molecule has 0 aromatic carbocycles. The number of halogens is 2. The first-order valence-electron chi connectivity index (χ1n) is 3.05. The van der Waals surface area contributed by atoms with Crippen LogP contribution in [0, 0.1) is 0 Å². The summed E-state index contributed by atoms with van der Waals surface area (Å²) in [4.78, 5) is 9.93. The molecule has 0 fully saturated rings. The maximum Gasteiger partial charge on any atom is 0.303 e. The third kappa shape index (κ3) is 10.9. The van der Waals surface area contributed by atoms with Crippen LogP contribution in [0.1, 0.15) is 25.7 Å². The molecular formula is C6H12Cl2O2. The van der Waals surface area contributed by atoms with E-state index in [1.54, 1.807) is 0 Å². The van der Waals surface area contributed by atoms with E-state index in [1.165, 1.54) is 0 Å². The summed E-state index contributed by atoms with van der Waals surface area (Å²) in [5, 5.41) is 8.18. The van der Waals surface area contributed by atoms with Crippen molar-refractivity contribution in [2.24, 2.45) is 0 Å². The maximum absolute atomic E-state index is 9.93. The van der Waals surface area contributed by atoms with Crippen LogP contribution in [0.3, 0.4) is 0 Å². The Balaban J connectivity index is 0. The molecule has 0 rings (SSSR count). The number of carbonyl (C=O) groups is 1. The Morgan fingerprint density at radius 1 is 1.30 bits per heavy atom. The van der Waals surface area contributed by atoms with Crippen molar-refractivity contribution in [3.05, 3.63) is 0 Å². The Morgan fingerprint density at radius 3 is 2.30 bits per heavy atom. The van der Waals surface area contributed by atoms with E-state index in [0.29, 0.717) is 5.88 Å². The highest BCUT2D eigenvalue weighted by Crippen LogP contribution is 2.00. The van der Waals surface area contributed by atoms with Crippen molar-refractivity contribution >= 4 is 30.0 Å². The molecular weight excluding hydrogens is 175 g/mol. The first-order chi connectivity index (χ1) is 4.27. The Kier molecular flexibility index (Phi) is 11.5. The Hall–Kier alpha value is 0.0500. The molecule has 0 saturated heterocycles. The van der Waals surface area contributed by atoms with Gasteiger partial charge in [-0.3, -0.25) is 4.79 Å². The summed E-state index contributed by atoms with van der Waals surface area (Å²) >= 11 is 5.37. The minimum absolute atomic E-state index is 0. The zero-order valence-corrected chi connectivity index (χ0v) is 7.25. The van der Waals surface area contributed by atoms with Crippen LogP contribution in [0.15, 0.2) is 0 Å². The number of aliphatic carboxylic acids is 1. The second kappa shape index (κ2) is 9.05. The molecule has 0 atom stereocenters. The van der Waals surface area contributed by atoms with Gasteiger partial charge in [-0.25, -0.2) is 0 Å². The van der Waals surface area contributed by atoms with Gasteiger partial charge in [0.25, 0.3) is 0 Å². The Morgan fingerprint density at radius 2 is 1.90 bits per heavy atom. The molecule has 1 N–H and O–H groups in total. The van der Waals surface area contributed by atoms with Gasteiger partial charge >= 0.3 is 5.97 Å². The molecule has 0 amide bonds. The van der Waals surface area contributed by atoms with Gasteiger partial charge in [-0.05, 0) is 12.8 Å². The van der Waals surface area contributed by atoms with Gasteiger partial charge in [0.15, 0.2) is 0 Å². The molecule has 0 radical (unpaired) electrons. The van der Waals surface area contributed by atoms with Crippen molar-refractivity contribution in [2.75, 3.05) is 5.88 Å². The van der Waals surface area contributed by atoms with Crippen molar-refractivity contribution < 1.29 is 9.90 Å². The molecule has 0 bridgehead atoms. The van der Waals surface area contributed by atoms with Crippen LogP contribution < -0.4 is 0 Å². The number of carboxylic acids is 1. The van der Waals surface area contributed by atoms with E-state index >= 15 is 0 Å². The summed E-state index contributed by atoms with van der Waals surface area (Å²) in [6.07, 6.45) is 2.88. The number of rotatable bonds is 5. The van der Waals surface area contributed by atoms with E-state index in [2.05, 4.69) is 0 Å². The topological polar surface area (TPSA) is 37.3 Å². The van der Waals surface area contributed by atoms with Crippen molar-refractivity contribution in [2.45, 2.75) is 25.7 Å². The summed E-state index contributed by atoms with van der Waals surface area (Å²) in [5.74, 6) is -0.0795. The van der Waals surface area contributed by atoms with Gasteiger partial charge in [-0.15, -0.1) is 24.0 Å². The van der Waals surface area contributed by atoms with Crippen molar-refractivity contribution in [3.63, 3.8) is 0 Å². The molecule has 62 valence electrons. The Labute approximate surface area is 72.0 Å². The lowest BCUT2D eigenvalue weighted by Crippen LogP contribution is -1.93. The zero-order chi connectivity index (χ0) is 7.11. The summed E-state index contributed by atoms with van der Waals surface area (Å²) in [6, 6.07) is 0. The zero-order valence-electron chi connectivity index (χ0n) is 5.68. The van der Waals surface area contributed by atoms with E-state index in [4.69, 9.17) is 16.7 Å². The predicted molar refractivity (Wildman–Crippen MR) is 44.1 cm³/mol. The average molecular weight is 187 g/mol. The lowest BCUT2D eigenvalue weighted by atomic mass is 10.2. The van der Waals surface area contributed by atoms with Crippen LogP contribution >= 0.6 is 24.0 Å². The normalized spacial score (nSPS) is 8.50. The molecule has 2 nitrogen and oxygen atoms in total. The number of unbranched alkanes of at least 4 members (excludes halogenated alkanes) is 2. The summed E-state index contributed by atoms with van der Waals surface area (Å²) in [6.45, 7) is 0. The lowest BCUT2D eigenvalue weighted by molar-refractivity contribution is -0.137. The molecule has 0 aromatic heterocycles. The summed E-state index contributed by atoms with van der Waals surface area (Å²) < 4.78 is 0. The summed E-state index contributed by atoms with van der Waals surface area (Å²) in [5.41, 5.74) is 0. The van der Waals surface area contributed by atoms with E-state index in [1.807, 2.05) is 0 Å². The maximum atomic E-state index is 9.93. The Bertz CT molecular complexity index is 85.8. The first kappa shape index (κ1) is 12.7. The van der Waals surface area contributed by atoms with Crippen LogP contribution in [0.25, 0.3) is 0 Å². The highest BCUT2D eigenvalue weighted by Gasteiger charge is 1.94. The second-order valence-corrected chi connectivity index (χ2v) is 2.27. The van der Waals surface area contributed by atoms with Crippen molar-refractivity contribution in [3.8, 4) is 0 Å². The van der Waals surface area contributed by atoms with Gasteiger partial charge in [0, 0.05) is 12.3 Å². The standard InChI is InChI=1S/C6H11ClO2.ClH/c7-5-3-1-2-4-6(8)9;/h1-5H2,(H,8,9);1H. The molecule has 0 heterocycles. The fourth-order valence-electron chi connectivity index (χ4n) is 0.547. The largest absolute Gasteiger partial charge is 0.481 e. The smallest absolute Gasteiger partial charge is 0.303 e. The van der Waals surface area contributed by atoms with Crippen LogP contribution in [-0.4, -0.2) is 17.0 Å². The minimum atomic E-state index is -0.718. The average Bonchev–Trinajstić information content (AvgIpc) is 1.80. The van der Waals surface area contributed by atoms with E-state index in [-0.39, 0.29) is 18.8 Å². The third-order valence-electron chi connectivity index (χ3n) is 1.02. The van der Waals surface area contributed by atoms with Gasteiger partial charge in [0.1, 0.15) is 0 Å². The fourth-order valence-corrected chi connectivity index (χ4v) is 0.736. The van der Waals surface area contributed by atoms with E-state index < -0.39 is 5.97 Å². The quantitative estimate of drug-likeness (QED) is 0.529. The molecule has 0 aliphatic carbocycles. The highest BCUT2D eigenvalue weighted by molar-refractivity contribution is 6.17. The van der Waals surface area contributed by atoms with Crippen molar-refractivity contribution in [1.29, 1.82) is 0 Å². The lowest BCUT2D eigenvalue weighted by Gasteiger charge is -1.92. The first-order valence-corrected chi connectivity index (χ1v) is 3.58. The third-order valence-corrected chi connectivity index (χ3v) is 1.29. The van der Waals surface area contributed by atoms with E-state index in [0.717, 1.165) is 19.3 Å². The number of hydrogen-bond donors (Lipinski definition) is 1. The number of alkyl halides is 1. The highest BCUT2D eigenvalue weighted by atomic mass is 35.5. The van der Waals surface area contributed by atoms with Crippen LogP contribution in [0.5, 0.6) is 0 Å². The van der Waals surface area contributed by atoms with Crippen molar-refractivity contribution in [1.82, 2.24) is 0 Å². The molecule has 10 heavy (non-hydrogen) atoms. The predicted octanol–water partition coefficient (Wildman–Crippen LogP) is 2.29. The minimum Gasteiger partial charge on any atom is -0.481 e. The van der Waals surface area contributed by atoms with Crippen LogP contribution in [-0.2, 0) is 4.79 Å². The van der Waals surface area contributed by atoms with Crippen LogP contribution in [0.2, 0.25) is 0 Å². The molecule has 0 spiro atoms. The van der Waals surface area contributed by atoms with Crippen LogP contribution in [0.4, 0.5) is 0 Å². The molecule has 0 aliphatic heterocycles. The van der Waals surface area contributed by atoms with E-state index in [9.17, 15) is 4.79 Å². The van der Waals surface area contributed by atoms with Gasteiger partial charge in [0.05, 0.1) is 0 Å². The van der Waals surface area contributed by atoms with Gasteiger partial charge in [-0.2, -0.15) is 0 Å². The number of hydrogen-bond acceptors (Lipinski definition) is 1. The SMILES string of the molecule is Cl.O=C(O)CCCCCCl. The molecule has 0 saturated carbocycles. The molecule has 0 unspecified atom stereocenters. The summed E-state index contributed by atoms with van der Waals surface area (Å²) in [7, 11) is 0. The van der Waals surface area contributed by atoms with Gasteiger partial charge in [-0.1, -0.05) is 6.42 Å². The van der Waals surface area contributed by atoms with Gasteiger partial charge < -0.3 is 5.11 Å². The fraction of sp³-hybridized carbons (Fsp3) is 0.833. The molecule has 0 aromatic rings. The molecule has 4 heteroatoms. The van der Waals surface area contributed by atoms with Gasteiger partial charge in [0.2, 0.25) is 0 Å². The second-order valence-electron chi connectivity index (χ2n) is 1.89.